The number of nitriles is 1. The highest BCUT2D eigenvalue weighted by molar-refractivity contribution is 5.85. The van der Waals surface area contributed by atoms with Crippen LogP contribution in [-0.4, -0.2) is 42.2 Å². The van der Waals surface area contributed by atoms with E-state index in [1.165, 1.54) is 12.1 Å². The SMILES string of the molecule is CCNC(=O)[C@@]1(OCc2ccc(C#N)cc2)CC(OCc2ccc(F)cc2F)[C@@H]2OC(C)(C)O[C@@H]2C1. The molecule has 4 rings (SSSR count). The molecule has 2 aromatic carbocycles. The highest BCUT2D eigenvalue weighted by atomic mass is 19.1. The van der Waals surface area contributed by atoms with Gasteiger partial charge < -0.3 is 24.3 Å². The van der Waals surface area contributed by atoms with E-state index >= 15 is 0 Å². The fourth-order valence-electron chi connectivity index (χ4n) is 4.76. The van der Waals surface area contributed by atoms with Gasteiger partial charge in [0.15, 0.2) is 11.4 Å². The summed E-state index contributed by atoms with van der Waals surface area (Å²) in [4.78, 5) is 13.4. The Bertz CT molecular complexity index is 1130. The van der Waals surface area contributed by atoms with Gasteiger partial charge in [0.05, 0.1) is 37.1 Å². The summed E-state index contributed by atoms with van der Waals surface area (Å²) in [5.41, 5.74) is 0.229. The van der Waals surface area contributed by atoms with Gasteiger partial charge in [-0.15, -0.1) is 0 Å². The third-order valence-electron chi connectivity index (χ3n) is 6.47. The molecule has 36 heavy (non-hydrogen) atoms. The van der Waals surface area contributed by atoms with Crippen LogP contribution in [0.4, 0.5) is 8.78 Å². The van der Waals surface area contributed by atoms with Gasteiger partial charge >= 0.3 is 0 Å². The second kappa shape index (κ2) is 10.6. The summed E-state index contributed by atoms with van der Waals surface area (Å²) in [7, 11) is 0. The molecule has 2 aromatic rings. The Morgan fingerprint density at radius 2 is 1.89 bits per heavy atom. The van der Waals surface area contributed by atoms with E-state index in [1.807, 2.05) is 6.92 Å². The van der Waals surface area contributed by atoms with Crippen LogP contribution in [0.15, 0.2) is 42.5 Å². The first-order valence-electron chi connectivity index (χ1n) is 12.0. The lowest BCUT2D eigenvalue weighted by Crippen LogP contribution is -2.60. The largest absolute Gasteiger partial charge is 0.370 e. The topological polar surface area (TPSA) is 89.8 Å². The molecule has 1 saturated heterocycles. The lowest BCUT2D eigenvalue weighted by molar-refractivity contribution is -0.183. The van der Waals surface area contributed by atoms with Gasteiger partial charge in [-0.1, -0.05) is 18.2 Å². The Hall–Kier alpha value is -2.90. The minimum absolute atomic E-state index is 0.129. The molecule has 4 atom stereocenters. The summed E-state index contributed by atoms with van der Waals surface area (Å²) in [5, 5.41) is 11.9. The van der Waals surface area contributed by atoms with E-state index in [-0.39, 0.29) is 37.5 Å². The number of hydrogen-bond donors (Lipinski definition) is 1. The Morgan fingerprint density at radius 3 is 2.56 bits per heavy atom. The normalized spacial score (nSPS) is 26.7. The quantitative estimate of drug-likeness (QED) is 0.586. The fourth-order valence-corrected chi connectivity index (χ4v) is 4.76. The Kier molecular flexibility index (Phi) is 7.71. The maximum Gasteiger partial charge on any atom is 0.252 e. The molecule has 7 nitrogen and oxygen atoms in total. The van der Waals surface area contributed by atoms with Gasteiger partial charge in [-0.3, -0.25) is 4.79 Å². The molecule has 0 aromatic heterocycles. The molecule has 2 fully saturated rings. The molecule has 1 heterocycles. The number of benzene rings is 2. The molecule has 0 spiro atoms. The summed E-state index contributed by atoms with van der Waals surface area (Å²) < 4.78 is 52.2. The average Bonchev–Trinajstić information content (AvgIpc) is 3.16. The van der Waals surface area contributed by atoms with Gasteiger partial charge in [0.2, 0.25) is 0 Å². The van der Waals surface area contributed by atoms with Crippen molar-refractivity contribution in [3.63, 3.8) is 0 Å². The van der Waals surface area contributed by atoms with Gasteiger partial charge in [0, 0.05) is 31.0 Å². The second-order valence-electron chi connectivity index (χ2n) is 9.58. The number of carbonyl (C=O) groups excluding carboxylic acids is 1. The van der Waals surface area contributed by atoms with Gasteiger partial charge in [-0.05, 0) is 44.5 Å². The highest BCUT2D eigenvalue weighted by Crippen LogP contribution is 2.44. The third kappa shape index (κ3) is 5.73. The summed E-state index contributed by atoms with van der Waals surface area (Å²) >= 11 is 0. The van der Waals surface area contributed by atoms with Gasteiger partial charge in [-0.25, -0.2) is 8.78 Å². The zero-order valence-electron chi connectivity index (χ0n) is 20.6. The summed E-state index contributed by atoms with van der Waals surface area (Å²) in [5.74, 6) is -2.58. The van der Waals surface area contributed by atoms with E-state index in [0.717, 1.165) is 11.6 Å². The number of nitrogens with zero attached hydrogens (tertiary/aromatic N) is 1. The van der Waals surface area contributed by atoms with E-state index in [0.29, 0.717) is 12.1 Å². The number of likely N-dealkylation sites (N-methyl/N-ethyl adjacent to an activating group) is 1. The van der Waals surface area contributed by atoms with E-state index in [4.69, 9.17) is 24.2 Å². The van der Waals surface area contributed by atoms with Crippen LogP contribution in [0.1, 0.15) is 50.3 Å². The molecule has 192 valence electrons. The predicted molar refractivity (Wildman–Crippen MR) is 125 cm³/mol. The van der Waals surface area contributed by atoms with Crippen molar-refractivity contribution in [2.24, 2.45) is 0 Å². The summed E-state index contributed by atoms with van der Waals surface area (Å²) in [6.45, 7) is 5.79. The van der Waals surface area contributed by atoms with Crippen molar-refractivity contribution in [2.45, 2.75) is 76.5 Å². The Labute approximate surface area is 209 Å². The van der Waals surface area contributed by atoms with Crippen molar-refractivity contribution in [3.05, 3.63) is 70.8 Å². The molecule has 1 saturated carbocycles. The predicted octanol–water partition coefficient (Wildman–Crippen LogP) is 4.13. The first kappa shape index (κ1) is 26.2. The molecule has 1 unspecified atom stereocenters. The standard InChI is InChI=1S/C27H30F2N2O5/c1-4-31-25(32)27(34-15-18-7-5-17(14-30)6-8-18)12-22(24-23(13-27)35-26(2,3)36-24)33-16-19-9-10-20(28)11-21(19)29/h5-11,22-24H,4,12-13,15-16H2,1-3H3,(H,31,32)/t22?,23-,24+,27-/m1/s1. The highest BCUT2D eigenvalue weighted by Gasteiger charge is 2.58. The molecule has 0 bridgehead atoms. The van der Waals surface area contributed by atoms with E-state index < -0.39 is 41.3 Å². The molecule has 1 aliphatic carbocycles. The number of hydrogen-bond acceptors (Lipinski definition) is 6. The fraction of sp³-hybridized carbons (Fsp3) is 0.481. The van der Waals surface area contributed by atoms with Crippen molar-refractivity contribution in [3.8, 4) is 6.07 Å². The number of carbonyl (C=O) groups is 1. The average molecular weight is 501 g/mol. The molecule has 2 aliphatic rings. The van der Waals surface area contributed by atoms with Gasteiger partial charge in [0.1, 0.15) is 17.7 Å². The lowest BCUT2D eigenvalue weighted by atomic mass is 9.78. The number of amides is 1. The number of halogens is 2. The zero-order valence-corrected chi connectivity index (χ0v) is 20.6. The Balaban J connectivity index is 1.59. The van der Waals surface area contributed by atoms with Crippen LogP contribution in [0, 0.1) is 23.0 Å². The number of nitrogens with one attached hydrogen (secondary N) is 1. The molecule has 9 heteroatoms. The minimum atomic E-state index is -1.29. The van der Waals surface area contributed by atoms with Crippen molar-refractivity contribution in [2.75, 3.05) is 6.54 Å². The third-order valence-corrected chi connectivity index (χ3v) is 6.47. The molecule has 1 aliphatic heterocycles. The number of rotatable bonds is 8. The van der Waals surface area contributed by atoms with E-state index in [9.17, 15) is 13.6 Å². The van der Waals surface area contributed by atoms with Crippen LogP contribution in [0.25, 0.3) is 0 Å². The van der Waals surface area contributed by atoms with E-state index in [2.05, 4.69) is 11.4 Å². The molecule has 1 amide bonds. The van der Waals surface area contributed by atoms with Crippen molar-refractivity contribution in [1.82, 2.24) is 5.32 Å². The first-order valence-corrected chi connectivity index (χ1v) is 12.0. The smallest absolute Gasteiger partial charge is 0.252 e. The van der Waals surface area contributed by atoms with Gasteiger partial charge in [0.25, 0.3) is 5.91 Å². The first-order chi connectivity index (χ1) is 17.1. The molecular weight excluding hydrogens is 470 g/mol. The Morgan fingerprint density at radius 1 is 1.14 bits per heavy atom. The lowest BCUT2D eigenvalue weighted by Gasteiger charge is -2.43. The molecular formula is C27H30F2N2O5. The van der Waals surface area contributed by atoms with Crippen LogP contribution < -0.4 is 5.32 Å². The number of ether oxygens (including phenoxy) is 4. The molecule has 0 radical (unpaired) electrons. The van der Waals surface area contributed by atoms with Crippen LogP contribution in [0.2, 0.25) is 0 Å². The zero-order chi connectivity index (χ0) is 25.9. The van der Waals surface area contributed by atoms with E-state index in [1.54, 1.807) is 38.1 Å². The van der Waals surface area contributed by atoms with Crippen molar-refractivity contribution < 1.29 is 32.5 Å². The van der Waals surface area contributed by atoms with Crippen molar-refractivity contribution in [1.29, 1.82) is 5.26 Å². The van der Waals surface area contributed by atoms with Crippen LogP contribution in [-0.2, 0) is 37.0 Å². The van der Waals surface area contributed by atoms with Crippen LogP contribution >= 0.6 is 0 Å². The second-order valence-corrected chi connectivity index (χ2v) is 9.58. The minimum Gasteiger partial charge on any atom is -0.370 e. The summed E-state index contributed by atoms with van der Waals surface area (Å²) in [6.07, 6.45) is -1.25. The van der Waals surface area contributed by atoms with Crippen molar-refractivity contribution >= 4 is 5.91 Å². The maximum atomic E-state index is 14.3. The van der Waals surface area contributed by atoms with Crippen LogP contribution in [0.3, 0.4) is 0 Å². The molecule has 1 N–H and O–H groups in total. The maximum absolute atomic E-state index is 14.3. The number of fused-ring (bicyclic) bond motifs is 1. The van der Waals surface area contributed by atoms with Gasteiger partial charge in [-0.2, -0.15) is 5.26 Å². The van der Waals surface area contributed by atoms with Crippen LogP contribution in [0.5, 0.6) is 0 Å². The summed E-state index contributed by atoms with van der Waals surface area (Å²) in [6, 6.07) is 12.3. The monoisotopic (exact) mass is 500 g/mol.